The van der Waals surface area contributed by atoms with Gasteiger partial charge in [-0.05, 0) is 54.7 Å². The second kappa shape index (κ2) is 5.36. The number of benzene rings is 1. The van der Waals surface area contributed by atoms with Crippen molar-refractivity contribution in [3.8, 4) is 0 Å². The number of allylic oxidation sites excluding steroid dienone is 1. The van der Waals surface area contributed by atoms with Crippen molar-refractivity contribution < 1.29 is 13.6 Å². The second-order valence-corrected chi connectivity index (χ2v) is 6.24. The molecule has 0 bridgehead atoms. The van der Waals surface area contributed by atoms with E-state index in [0.29, 0.717) is 11.5 Å². The molecule has 0 radical (unpaired) electrons. The maximum atomic E-state index is 13.9. The van der Waals surface area contributed by atoms with Crippen LogP contribution in [0, 0.1) is 5.92 Å². The molecule has 3 rings (SSSR count). The maximum Gasteiger partial charge on any atom is 0.334 e. The van der Waals surface area contributed by atoms with Crippen LogP contribution in [0.2, 0.25) is 0 Å². The van der Waals surface area contributed by atoms with E-state index in [-0.39, 0.29) is 5.56 Å². The molecule has 0 N–H and O–H groups in total. The van der Waals surface area contributed by atoms with E-state index in [9.17, 15) is 13.6 Å². The Morgan fingerprint density at radius 3 is 2.52 bits per heavy atom. The van der Waals surface area contributed by atoms with E-state index in [1.165, 1.54) is 31.4 Å². The Bertz CT molecular complexity index is 581. The first kappa shape index (κ1) is 14.4. The van der Waals surface area contributed by atoms with Crippen molar-refractivity contribution in [1.82, 2.24) is 0 Å². The molecule has 0 spiro atoms. The van der Waals surface area contributed by atoms with Crippen molar-refractivity contribution in [2.75, 3.05) is 0 Å². The molecule has 1 saturated carbocycles. The van der Waals surface area contributed by atoms with E-state index in [1.807, 2.05) is 6.07 Å². The summed E-state index contributed by atoms with van der Waals surface area (Å²) in [6.07, 6.45) is 8.47. The first-order valence-corrected chi connectivity index (χ1v) is 7.77. The molecule has 1 aromatic carbocycles. The highest BCUT2D eigenvalue weighted by atomic mass is 19.3. The second-order valence-electron chi connectivity index (χ2n) is 6.24. The lowest BCUT2D eigenvalue weighted by molar-refractivity contribution is -0.139. The molecule has 0 heterocycles. The van der Waals surface area contributed by atoms with Crippen molar-refractivity contribution >= 4 is 11.9 Å². The van der Waals surface area contributed by atoms with Crippen LogP contribution in [0.5, 0.6) is 0 Å². The lowest BCUT2D eigenvalue weighted by Crippen LogP contribution is -2.27. The van der Waals surface area contributed by atoms with Crippen LogP contribution in [0.4, 0.5) is 8.78 Å². The topological polar surface area (TPSA) is 17.1 Å². The van der Waals surface area contributed by atoms with Crippen molar-refractivity contribution in [2.24, 2.45) is 5.92 Å². The van der Waals surface area contributed by atoms with Gasteiger partial charge < -0.3 is 0 Å². The van der Waals surface area contributed by atoms with Gasteiger partial charge in [0.2, 0.25) is 5.78 Å². The third-order valence-electron chi connectivity index (χ3n) is 5.03. The number of carbonyl (C=O) groups excluding carboxylic acids is 1. The molecular weight excluding hydrogens is 270 g/mol. The molecule has 2 aliphatic carbocycles. The Balaban J connectivity index is 1.85. The Kier molecular flexibility index (Phi) is 3.68. The minimum absolute atomic E-state index is 0.152. The van der Waals surface area contributed by atoms with E-state index in [0.717, 1.165) is 30.4 Å². The van der Waals surface area contributed by atoms with E-state index in [1.54, 1.807) is 6.07 Å². The van der Waals surface area contributed by atoms with Gasteiger partial charge in [-0.15, -0.1) is 0 Å². The number of alkyl halides is 2. The summed E-state index contributed by atoms with van der Waals surface area (Å²) in [5.74, 6) is -3.20. The first-order chi connectivity index (χ1) is 10.0. The lowest BCUT2D eigenvalue weighted by Gasteiger charge is -2.29. The highest BCUT2D eigenvalue weighted by molar-refractivity contribution is 6.02. The number of ketones is 1. The normalized spacial score (nSPS) is 27.5. The van der Waals surface area contributed by atoms with Gasteiger partial charge in [-0.25, -0.2) is 0 Å². The molecule has 0 unspecified atom stereocenters. The van der Waals surface area contributed by atoms with E-state index < -0.39 is 11.7 Å². The van der Waals surface area contributed by atoms with Crippen LogP contribution >= 0.6 is 0 Å². The number of fused-ring (bicyclic) bond motifs is 1. The number of hydrogen-bond acceptors (Lipinski definition) is 1. The molecule has 0 amide bonds. The fraction of sp³-hybridized carbons (Fsp3) is 0.500. The van der Waals surface area contributed by atoms with Gasteiger partial charge in [0.05, 0.1) is 0 Å². The summed E-state index contributed by atoms with van der Waals surface area (Å²) in [6.45, 7) is 2.23. The molecule has 2 aliphatic rings. The van der Waals surface area contributed by atoms with E-state index in [4.69, 9.17) is 0 Å². The van der Waals surface area contributed by atoms with Crippen LogP contribution in [0.25, 0.3) is 6.08 Å². The van der Waals surface area contributed by atoms with Crippen LogP contribution in [0.15, 0.2) is 24.3 Å². The minimum atomic E-state index is -3.37. The Morgan fingerprint density at radius 1 is 1.14 bits per heavy atom. The molecule has 1 fully saturated rings. The molecule has 0 atom stereocenters. The van der Waals surface area contributed by atoms with Crippen LogP contribution in [0.1, 0.15) is 61.6 Å². The SMILES string of the molecule is CCC1CCC(c2ccc3c(c2)C=CC(=O)C3(F)F)CC1. The Morgan fingerprint density at radius 2 is 1.86 bits per heavy atom. The van der Waals surface area contributed by atoms with Gasteiger partial charge in [-0.2, -0.15) is 8.78 Å². The summed E-state index contributed by atoms with van der Waals surface area (Å²) >= 11 is 0. The molecular formula is C18H20F2O. The molecule has 21 heavy (non-hydrogen) atoms. The van der Waals surface area contributed by atoms with Gasteiger partial charge in [-0.3, -0.25) is 4.79 Å². The zero-order chi connectivity index (χ0) is 15.0. The summed E-state index contributed by atoms with van der Waals surface area (Å²) in [6, 6.07) is 5.08. The molecule has 112 valence electrons. The summed E-state index contributed by atoms with van der Waals surface area (Å²) in [5.41, 5.74) is 1.48. The fourth-order valence-corrected chi connectivity index (χ4v) is 3.57. The Labute approximate surface area is 124 Å². The summed E-state index contributed by atoms with van der Waals surface area (Å²) in [4.78, 5) is 11.3. The lowest BCUT2D eigenvalue weighted by atomic mass is 9.77. The quantitative estimate of drug-likeness (QED) is 0.744. The maximum absolute atomic E-state index is 13.9. The zero-order valence-corrected chi connectivity index (χ0v) is 12.2. The van der Waals surface area contributed by atoms with Crippen LogP contribution in [-0.4, -0.2) is 5.78 Å². The molecule has 0 aromatic heterocycles. The van der Waals surface area contributed by atoms with Gasteiger partial charge >= 0.3 is 5.92 Å². The average molecular weight is 290 g/mol. The molecule has 3 heteroatoms. The van der Waals surface area contributed by atoms with Gasteiger partial charge in [0, 0.05) is 5.56 Å². The van der Waals surface area contributed by atoms with E-state index in [2.05, 4.69) is 6.92 Å². The molecule has 0 aliphatic heterocycles. The number of carbonyl (C=O) groups is 1. The molecule has 1 nitrogen and oxygen atoms in total. The van der Waals surface area contributed by atoms with Gasteiger partial charge in [0.1, 0.15) is 0 Å². The van der Waals surface area contributed by atoms with Crippen molar-refractivity contribution in [1.29, 1.82) is 0 Å². The zero-order valence-electron chi connectivity index (χ0n) is 12.2. The third kappa shape index (κ3) is 2.54. The fourth-order valence-electron chi connectivity index (χ4n) is 3.57. The largest absolute Gasteiger partial charge is 0.334 e. The predicted molar refractivity (Wildman–Crippen MR) is 79.4 cm³/mol. The van der Waals surface area contributed by atoms with E-state index >= 15 is 0 Å². The molecule has 0 saturated heterocycles. The van der Waals surface area contributed by atoms with Crippen LogP contribution in [-0.2, 0) is 10.7 Å². The average Bonchev–Trinajstić information content (AvgIpc) is 2.51. The monoisotopic (exact) mass is 290 g/mol. The first-order valence-electron chi connectivity index (χ1n) is 7.77. The standard InChI is InChI=1S/C18H20F2O/c1-2-12-3-5-13(6-4-12)14-7-9-16-15(11-14)8-10-17(21)18(16,19)20/h7-13H,2-6H2,1H3. The van der Waals surface area contributed by atoms with Crippen LogP contribution in [0.3, 0.4) is 0 Å². The number of halogens is 2. The third-order valence-corrected chi connectivity index (χ3v) is 5.03. The minimum Gasteiger partial charge on any atom is -0.288 e. The number of rotatable bonds is 2. The van der Waals surface area contributed by atoms with Gasteiger partial charge in [-0.1, -0.05) is 37.6 Å². The predicted octanol–water partition coefficient (Wildman–Crippen LogP) is 5.06. The molecule has 1 aromatic rings. The van der Waals surface area contributed by atoms with Gasteiger partial charge in [0.25, 0.3) is 0 Å². The van der Waals surface area contributed by atoms with Crippen molar-refractivity contribution in [2.45, 2.75) is 50.9 Å². The van der Waals surface area contributed by atoms with Crippen molar-refractivity contribution in [3.63, 3.8) is 0 Å². The smallest absolute Gasteiger partial charge is 0.288 e. The summed E-state index contributed by atoms with van der Waals surface area (Å²) < 4.78 is 27.7. The highest BCUT2D eigenvalue weighted by Crippen LogP contribution is 2.41. The van der Waals surface area contributed by atoms with Crippen molar-refractivity contribution in [3.05, 3.63) is 41.0 Å². The highest BCUT2D eigenvalue weighted by Gasteiger charge is 2.42. The van der Waals surface area contributed by atoms with Crippen LogP contribution < -0.4 is 0 Å². The Hall–Kier alpha value is -1.51. The number of hydrogen-bond donors (Lipinski definition) is 0. The summed E-state index contributed by atoms with van der Waals surface area (Å²) in [5, 5.41) is 0. The van der Waals surface area contributed by atoms with Gasteiger partial charge in [0.15, 0.2) is 0 Å². The summed E-state index contributed by atoms with van der Waals surface area (Å²) in [7, 11) is 0.